The van der Waals surface area contributed by atoms with Gasteiger partial charge in [-0.2, -0.15) is 0 Å². The van der Waals surface area contributed by atoms with Crippen LogP contribution in [0.15, 0.2) is 24.3 Å². The van der Waals surface area contributed by atoms with Gasteiger partial charge in [-0.3, -0.25) is 4.79 Å². The Morgan fingerprint density at radius 3 is 2.65 bits per heavy atom. The summed E-state index contributed by atoms with van der Waals surface area (Å²) >= 11 is 0. The molecule has 0 aliphatic heterocycles. The Kier molecular flexibility index (Phi) is 5.92. The number of aliphatic carboxylic acids is 1. The maximum Gasteiger partial charge on any atom is 0.332 e. The van der Waals surface area contributed by atoms with E-state index in [1.807, 2.05) is 0 Å². The van der Waals surface area contributed by atoms with Crippen molar-refractivity contribution in [3.8, 4) is 5.75 Å². The minimum Gasteiger partial charge on any atom is -0.479 e. The molecule has 1 amide bonds. The van der Waals surface area contributed by atoms with Crippen molar-refractivity contribution in [2.45, 2.75) is 25.6 Å². The molecule has 2 atom stereocenters. The number of amides is 1. The third kappa shape index (κ3) is 4.85. The molecular weight excluding hydrogens is 269 g/mol. The van der Waals surface area contributed by atoms with Gasteiger partial charge in [0, 0.05) is 13.0 Å². The van der Waals surface area contributed by atoms with Crippen molar-refractivity contribution in [2.75, 3.05) is 6.54 Å². The Balaban J connectivity index is 2.40. The first kappa shape index (κ1) is 15.9. The molecule has 0 saturated carbocycles. The lowest BCUT2D eigenvalue weighted by molar-refractivity contribution is -0.147. The SMILES string of the molecule is CC(Oc1ccccc1F)C(=O)NCC[C@H](O)C(=O)O. The molecule has 0 aliphatic carbocycles. The van der Waals surface area contributed by atoms with Crippen LogP contribution in [0.25, 0.3) is 0 Å². The number of carbonyl (C=O) groups is 2. The van der Waals surface area contributed by atoms with E-state index in [0.717, 1.165) is 0 Å². The summed E-state index contributed by atoms with van der Waals surface area (Å²) in [6.45, 7) is 1.42. The highest BCUT2D eigenvalue weighted by Gasteiger charge is 2.17. The first-order valence-corrected chi connectivity index (χ1v) is 6.01. The average Bonchev–Trinajstić information content (AvgIpc) is 2.40. The van der Waals surface area contributed by atoms with Crippen LogP contribution in [0.3, 0.4) is 0 Å². The highest BCUT2D eigenvalue weighted by molar-refractivity contribution is 5.80. The Morgan fingerprint density at radius 1 is 1.40 bits per heavy atom. The summed E-state index contributed by atoms with van der Waals surface area (Å²) in [6.07, 6.45) is -2.58. The van der Waals surface area contributed by atoms with Gasteiger partial charge in [0.25, 0.3) is 5.91 Å². The van der Waals surface area contributed by atoms with Crippen LogP contribution in [0.5, 0.6) is 5.75 Å². The van der Waals surface area contributed by atoms with E-state index >= 15 is 0 Å². The highest BCUT2D eigenvalue weighted by Crippen LogP contribution is 2.16. The van der Waals surface area contributed by atoms with Gasteiger partial charge in [-0.25, -0.2) is 9.18 Å². The molecule has 6 nitrogen and oxygen atoms in total. The normalized spacial score (nSPS) is 13.3. The summed E-state index contributed by atoms with van der Waals surface area (Å²) < 4.78 is 18.5. The number of carboxylic acid groups (broad SMARTS) is 1. The van der Waals surface area contributed by atoms with Gasteiger partial charge < -0.3 is 20.3 Å². The van der Waals surface area contributed by atoms with Gasteiger partial charge in [0.05, 0.1) is 0 Å². The van der Waals surface area contributed by atoms with Crippen molar-refractivity contribution in [1.82, 2.24) is 5.32 Å². The number of carboxylic acids is 1. The summed E-state index contributed by atoms with van der Waals surface area (Å²) in [5, 5.41) is 19.9. The average molecular weight is 285 g/mol. The van der Waals surface area contributed by atoms with Crippen LogP contribution in [0, 0.1) is 5.82 Å². The van der Waals surface area contributed by atoms with Crippen LogP contribution in [0.2, 0.25) is 0 Å². The summed E-state index contributed by atoms with van der Waals surface area (Å²) in [5.41, 5.74) is 0. The topological polar surface area (TPSA) is 95.9 Å². The number of nitrogens with one attached hydrogen (secondary N) is 1. The number of aliphatic hydroxyl groups is 1. The van der Waals surface area contributed by atoms with Crippen molar-refractivity contribution in [3.63, 3.8) is 0 Å². The van der Waals surface area contributed by atoms with E-state index in [4.69, 9.17) is 14.9 Å². The first-order valence-electron chi connectivity index (χ1n) is 6.01. The fraction of sp³-hybridized carbons (Fsp3) is 0.385. The predicted molar refractivity (Wildman–Crippen MR) is 67.8 cm³/mol. The van der Waals surface area contributed by atoms with Gasteiger partial charge in [-0.05, 0) is 19.1 Å². The zero-order chi connectivity index (χ0) is 15.1. The second kappa shape index (κ2) is 7.44. The molecule has 1 rings (SSSR count). The molecule has 20 heavy (non-hydrogen) atoms. The molecule has 0 fully saturated rings. The zero-order valence-electron chi connectivity index (χ0n) is 10.9. The molecule has 0 heterocycles. The van der Waals surface area contributed by atoms with E-state index < -0.39 is 29.9 Å². The summed E-state index contributed by atoms with van der Waals surface area (Å²) in [7, 11) is 0. The standard InChI is InChI=1S/C13H16FNO5/c1-8(20-11-5-3-2-4-9(11)14)12(17)15-7-6-10(16)13(18)19/h2-5,8,10,16H,6-7H2,1H3,(H,15,17)(H,18,19)/t8?,10-/m0/s1. The molecule has 0 radical (unpaired) electrons. The molecule has 0 saturated heterocycles. The van der Waals surface area contributed by atoms with Crippen LogP contribution >= 0.6 is 0 Å². The van der Waals surface area contributed by atoms with Gasteiger partial charge in [-0.15, -0.1) is 0 Å². The van der Waals surface area contributed by atoms with E-state index in [0.29, 0.717) is 0 Å². The van der Waals surface area contributed by atoms with E-state index in [-0.39, 0.29) is 18.7 Å². The number of carbonyl (C=O) groups excluding carboxylic acids is 1. The number of rotatable bonds is 7. The van der Waals surface area contributed by atoms with E-state index in [9.17, 15) is 14.0 Å². The number of aliphatic hydroxyl groups excluding tert-OH is 1. The molecule has 3 N–H and O–H groups in total. The quantitative estimate of drug-likeness (QED) is 0.679. The van der Waals surface area contributed by atoms with E-state index in [1.54, 1.807) is 6.07 Å². The lowest BCUT2D eigenvalue weighted by Gasteiger charge is -2.15. The van der Waals surface area contributed by atoms with Crippen LogP contribution in [0.4, 0.5) is 4.39 Å². The molecule has 1 aromatic rings. The van der Waals surface area contributed by atoms with Crippen molar-refractivity contribution in [3.05, 3.63) is 30.1 Å². The molecule has 0 bridgehead atoms. The van der Waals surface area contributed by atoms with Crippen LogP contribution < -0.4 is 10.1 Å². The number of benzene rings is 1. The second-order valence-corrected chi connectivity index (χ2v) is 4.12. The maximum atomic E-state index is 13.3. The number of halogens is 1. The lowest BCUT2D eigenvalue weighted by atomic mass is 10.2. The van der Waals surface area contributed by atoms with Crippen molar-refractivity contribution >= 4 is 11.9 Å². The monoisotopic (exact) mass is 285 g/mol. The number of hydrogen-bond acceptors (Lipinski definition) is 4. The molecule has 1 aromatic carbocycles. The smallest absolute Gasteiger partial charge is 0.332 e. The maximum absolute atomic E-state index is 13.3. The third-order valence-corrected chi connectivity index (χ3v) is 2.51. The fourth-order valence-corrected chi connectivity index (χ4v) is 1.38. The number of hydrogen-bond donors (Lipinski definition) is 3. The lowest BCUT2D eigenvalue weighted by Crippen LogP contribution is -2.38. The Hall–Kier alpha value is -2.15. The van der Waals surface area contributed by atoms with Crippen molar-refractivity contribution < 1.29 is 28.9 Å². The summed E-state index contributed by atoms with van der Waals surface area (Å²) in [5.74, 6) is -2.49. The molecule has 0 aromatic heterocycles. The van der Waals surface area contributed by atoms with Crippen LogP contribution in [-0.2, 0) is 9.59 Å². The predicted octanol–water partition coefficient (Wildman–Crippen LogP) is 0.545. The molecule has 0 aliphatic rings. The van der Waals surface area contributed by atoms with E-state index in [2.05, 4.69) is 5.32 Å². The molecule has 110 valence electrons. The molecule has 1 unspecified atom stereocenters. The van der Waals surface area contributed by atoms with Gasteiger partial charge in [-0.1, -0.05) is 12.1 Å². The van der Waals surface area contributed by atoms with Crippen LogP contribution in [-0.4, -0.2) is 40.8 Å². The fourth-order valence-electron chi connectivity index (χ4n) is 1.38. The van der Waals surface area contributed by atoms with Gasteiger partial charge >= 0.3 is 5.97 Å². The van der Waals surface area contributed by atoms with Gasteiger partial charge in [0.15, 0.2) is 23.8 Å². The van der Waals surface area contributed by atoms with E-state index in [1.165, 1.54) is 25.1 Å². The third-order valence-electron chi connectivity index (χ3n) is 2.51. The Morgan fingerprint density at radius 2 is 2.05 bits per heavy atom. The Labute approximate surface area is 115 Å². The molecule has 7 heteroatoms. The minimum atomic E-state index is -1.53. The second-order valence-electron chi connectivity index (χ2n) is 4.12. The molecular formula is C13H16FNO5. The number of para-hydroxylation sites is 1. The Bertz CT molecular complexity index is 480. The molecule has 0 spiro atoms. The van der Waals surface area contributed by atoms with Gasteiger partial charge in [0.1, 0.15) is 0 Å². The van der Waals surface area contributed by atoms with Crippen molar-refractivity contribution in [2.24, 2.45) is 0 Å². The highest BCUT2D eigenvalue weighted by atomic mass is 19.1. The van der Waals surface area contributed by atoms with Crippen molar-refractivity contribution in [1.29, 1.82) is 0 Å². The van der Waals surface area contributed by atoms with Crippen LogP contribution in [0.1, 0.15) is 13.3 Å². The summed E-state index contributed by atoms with van der Waals surface area (Å²) in [4.78, 5) is 22.0. The largest absolute Gasteiger partial charge is 0.479 e. The summed E-state index contributed by atoms with van der Waals surface area (Å²) in [6, 6.07) is 5.68. The zero-order valence-corrected chi connectivity index (χ0v) is 10.9. The first-order chi connectivity index (χ1) is 9.41. The van der Waals surface area contributed by atoms with Gasteiger partial charge in [0.2, 0.25) is 0 Å². The minimum absolute atomic E-state index is 0.0166. The number of ether oxygens (including phenoxy) is 1.